The molecule has 3 aromatic carbocycles. The molecule has 2 N–H and O–H groups in total. The number of para-hydroxylation sites is 1. The fourth-order valence-electron chi connectivity index (χ4n) is 3.70. The lowest BCUT2D eigenvalue weighted by atomic mass is 10.1. The van der Waals surface area contributed by atoms with Gasteiger partial charge in [0.05, 0.1) is 16.9 Å². The van der Waals surface area contributed by atoms with E-state index in [2.05, 4.69) is 15.5 Å². The molecule has 0 saturated heterocycles. The quantitative estimate of drug-likeness (QED) is 0.240. The second-order valence-electron chi connectivity index (χ2n) is 7.54. The van der Waals surface area contributed by atoms with Gasteiger partial charge in [-0.15, -0.1) is 23.2 Å². The third-order valence-electron chi connectivity index (χ3n) is 5.31. The highest BCUT2D eigenvalue weighted by atomic mass is 35.5. The first-order valence-electron chi connectivity index (χ1n) is 10.8. The maximum absolute atomic E-state index is 12.9. The van der Waals surface area contributed by atoms with E-state index in [4.69, 9.17) is 39.8 Å². The first-order valence-corrected chi connectivity index (χ1v) is 12.2. The Kier molecular flexibility index (Phi) is 8.12. The predicted molar refractivity (Wildman–Crippen MR) is 145 cm³/mol. The zero-order valence-corrected chi connectivity index (χ0v) is 20.5. The standard InChI is InChI=1S/C26H23Cl3N4O/c27-13-15-33(16-14-28)19-11-9-18(10-12-19)30-26(34)32-25-17-24(20-5-1-3-7-22(20)29)31-23-8-4-2-6-21(23)25/h1-12,17H,13-16H2,(H2,30,31,32,34). The lowest BCUT2D eigenvalue weighted by Gasteiger charge is -2.23. The van der Waals surface area contributed by atoms with Crippen molar-refractivity contribution in [2.75, 3.05) is 40.4 Å². The van der Waals surface area contributed by atoms with Gasteiger partial charge >= 0.3 is 6.03 Å². The molecule has 34 heavy (non-hydrogen) atoms. The van der Waals surface area contributed by atoms with Crippen molar-refractivity contribution in [3.63, 3.8) is 0 Å². The maximum atomic E-state index is 12.9. The highest BCUT2D eigenvalue weighted by Gasteiger charge is 2.12. The number of fused-ring (bicyclic) bond motifs is 1. The molecule has 0 atom stereocenters. The number of benzene rings is 3. The molecule has 0 bridgehead atoms. The van der Waals surface area contributed by atoms with Crippen LogP contribution in [0.2, 0.25) is 5.02 Å². The van der Waals surface area contributed by atoms with Gasteiger partial charge in [0.15, 0.2) is 0 Å². The Morgan fingerprint density at radius 3 is 2.24 bits per heavy atom. The Labute approximate surface area is 213 Å². The van der Waals surface area contributed by atoms with E-state index < -0.39 is 0 Å². The van der Waals surface area contributed by atoms with Crippen molar-refractivity contribution in [3.8, 4) is 11.3 Å². The van der Waals surface area contributed by atoms with Crippen molar-refractivity contribution in [2.24, 2.45) is 0 Å². The van der Waals surface area contributed by atoms with Gasteiger partial charge in [-0.05, 0) is 42.5 Å². The van der Waals surface area contributed by atoms with Gasteiger partial charge in [0.25, 0.3) is 0 Å². The molecular weight excluding hydrogens is 491 g/mol. The zero-order chi connectivity index (χ0) is 23.9. The summed E-state index contributed by atoms with van der Waals surface area (Å²) in [5, 5.41) is 7.28. The number of pyridine rings is 1. The molecule has 0 saturated carbocycles. The number of alkyl halides is 2. The van der Waals surface area contributed by atoms with Crippen LogP contribution in [0.5, 0.6) is 0 Å². The Hall–Kier alpha value is -2.99. The minimum absolute atomic E-state index is 0.354. The van der Waals surface area contributed by atoms with E-state index in [1.54, 1.807) is 0 Å². The molecule has 2 amide bonds. The van der Waals surface area contributed by atoms with Crippen molar-refractivity contribution in [2.45, 2.75) is 0 Å². The fourth-order valence-corrected chi connectivity index (χ4v) is 4.34. The predicted octanol–water partition coefficient (Wildman–Crippen LogP) is 7.48. The second-order valence-corrected chi connectivity index (χ2v) is 8.71. The Morgan fingerprint density at radius 1 is 0.853 bits per heavy atom. The number of amides is 2. The number of aromatic nitrogens is 1. The minimum Gasteiger partial charge on any atom is -0.369 e. The Morgan fingerprint density at radius 2 is 1.53 bits per heavy atom. The molecule has 0 spiro atoms. The third-order valence-corrected chi connectivity index (χ3v) is 5.98. The average Bonchev–Trinajstić information content (AvgIpc) is 2.84. The molecule has 0 aliphatic rings. The van der Waals surface area contributed by atoms with Crippen LogP contribution in [0.3, 0.4) is 0 Å². The smallest absolute Gasteiger partial charge is 0.323 e. The number of urea groups is 1. The summed E-state index contributed by atoms with van der Waals surface area (Å²) in [7, 11) is 0. The summed E-state index contributed by atoms with van der Waals surface area (Å²) in [5.74, 6) is 1.02. The molecule has 4 aromatic rings. The number of anilines is 3. The summed E-state index contributed by atoms with van der Waals surface area (Å²) in [4.78, 5) is 19.7. The first kappa shape index (κ1) is 24.1. The number of hydrogen-bond acceptors (Lipinski definition) is 3. The largest absolute Gasteiger partial charge is 0.369 e. The molecule has 0 unspecified atom stereocenters. The number of nitrogens with one attached hydrogen (secondary N) is 2. The number of carbonyl (C=O) groups is 1. The summed E-state index contributed by atoms with van der Waals surface area (Å²) < 4.78 is 0. The van der Waals surface area contributed by atoms with E-state index in [-0.39, 0.29) is 6.03 Å². The topological polar surface area (TPSA) is 57.3 Å². The van der Waals surface area contributed by atoms with Crippen LogP contribution in [0.25, 0.3) is 22.2 Å². The fraction of sp³-hybridized carbons (Fsp3) is 0.154. The number of carbonyl (C=O) groups excluding carboxylic acids is 1. The number of nitrogens with zero attached hydrogens (tertiary/aromatic N) is 2. The molecule has 0 aliphatic carbocycles. The number of rotatable bonds is 8. The summed E-state index contributed by atoms with van der Waals surface area (Å²) in [6, 6.07) is 24.2. The van der Waals surface area contributed by atoms with Crippen LogP contribution in [0, 0.1) is 0 Å². The zero-order valence-electron chi connectivity index (χ0n) is 18.3. The number of halogens is 3. The van der Waals surface area contributed by atoms with Crippen LogP contribution in [0.15, 0.2) is 78.9 Å². The van der Waals surface area contributed by atoms with Crippen molar-refractivity contribution < 1.29 is 4.79 Å². The molecule has 5 nitrogen and oxygen atoms in total. The molecule has 174 valence electrons. The normalized spacial score (nSPS) is 10.8. The van der Waals surface area contributed by atoms with E-state index >= 15 is 0 Å². The van der Waals surface area contributed by atoms with E-state index in [0.29, 0.717) is 46.9 Å². The summed E-state index contributed by atoms with van der Waals surface area (Å²) in [5.41, 5.74) is 4.55. The molecule has 0 aliphatic heterocycles. The van der Waals surface area contributed by atoms with Gasteiger partial charge in [-0.2, -0.15) is 0 Å². The molecule has 1 heterocycles. The van der Waals surface area contributed by atoms with Gasteiger partial charge in [0, 0.05) is 52.2 Å². The summed E-state index contributed by atoms with van der Waals surface area (Å²) in [6.45, 7) is 1.40. The Balaban J connectivity index is 1.55. The van der Waals surface area contributed by atoms with Crippen LogP contribution in [-0.2, 0) is 0 Å². The van der Waals surface area contributed by atoms with Crippen LogP contribution >= 0.6 is 34.8 Å². The number of hydrogen-bond donors (Lipinski definition) is 2. The van der Waals surface area contributed by atoms with Crippen LogP contribution in [-0.4, -0.2) is 35.9 Å². The first-order chi connectivity index (χ1) is 16.6. The van der Waals surface area contributed by atoms with E-state index in [1.807, 2.05) is 78.9 Å². The molecule has 8 heteroatoms. The third kappa shape index (κ3) is 5.73. The lowest BCUT2D eigenvalue weighted by molar-refractivity contribution is 0.262. The summed E-state index contributed by atoms with van der Waals surface area (Å²) in [6.07, 6.45) is 0. The summed E-state index contributed by atoms with van der Waals surface area (Å²) >= 11 is 18.2. The highest BCUT2D eigenvalue weighted by molar-refractivity contribution is 6.33. The van der Waals surface area contributed by atoms with Gasteiger partial charge in [-0.3, -0.25) is 0 Å². The van der Waals surface area contributed by atoms with Gasteiger partial charge < -0.3 is 15.5 Å². The van der Waals surface area contributed by atoms with Gasteiger partial charge in [-0.1, -0.05) is 48.0 Å². The van der Waals surface area contributed by atoms with E-state index in [9.17, 15) is 4.79 Å². The molecule has 4 rings (SSSR count). The van der Waals surface area contributed by atoms with Crippen LogP contribution < -0.4 is 15.5 Å². The van der Waals surface area contributed by atoms with Crippen LogP contribution in [0.4, 0.5) is 21.9 Å². The van der Waals surface area contributed by atoms with Crippen molar-refractivity contribution in [1.82, 2.24) is 4.98 Å². The Bertz CT molecular complexity index is 1270. The average molecular weight is 514 g/mol. The maximum Gasteiger partial charge on any atom is 0.323 e. The molecule has 0 fully saturated rings. The van der Waals surface area contributed by atoms with E-state index in [0.717, 1.165) is 22.2 Å². The lowest BCUT2D eigenvalue weighted by Crippen LogP contribution is -2.27. The van der Waals surface area contributed by atoms with E-state index in [1.165, 1.54) is 0 Å². The molecule has 1 aromatic heterocycles. The van der Waals surface area contributed by atoms with Crippen LogP contribution in [0.1, 0.15) is 0 Å². The van der Waals surface area contributed by atoms with Crippen molar-refractivity contribution in [3.05, 3.63) is 83.9 Å². The monoisotopic (exact) mass is 512 g/mol. The van der Waals surface area contributed by atoms with Gasteiger partial charge in [0.2, 0.25) is 0 Å². The van der Waals surface area contributed by atoms with Crippen molar-refractivity contribution in [1.29, 1.82) is 0 Å². The molecule has 0 radical (unpaired) electrons. The minimum atomic E-state index is -0.354. The highest BCUT2D eigenvalue weighted by Crippen LogP contribution is 2.32. The second kappa shape index (κ2) is 11.4. The van der Waals surface area contributed by atoms with Gasteiger partial charge in [-0.25, -0.2) is 9.78 Å². The molecular formula is C26H23Cl3N4O. The van der Waals surface area contributed by atoms with Crippen molar-refractivity contribution >= 4 is 68.8 Å². The SMILES string of the molecule is O=C(Nc1ccc(N(CCCl)CCCl)cc1)Nc1cc(-c2ccccc2Cl)nc2ccccc12. The van der Waals surface area contributed by atoms with Gasteiger partial charge in [0.1, 0.15) is 0 Å².